The molecular weight excluding hydrogens is 328 g/mol. The van der Waals surface area contributed by atoms with Crippen molar-refractivity contribution in [1.82, 2.24) is 5.32 Å². The third kappa shape index (κ3) is 4.78. The highest BCUT2D eigenvalue weighted by Gasteiger charge is 2.25. The van der Waals surface area contributed by atoms with Crippen molar-refractivity contribution < 1.29 is 17.9 Å². The molecule has 0 unspecified atom stereocenters. The first-order chi connectivity index (χ1) is 10.1. The summed E-state index contributed by atoms with van der Waals surface area (Å²) in [6, 6.07) is 3.04. The largest absolute Gasteiger partial charge is 0.494 e. The van der Waals surface area contributed by atoms with E-state index in [1.54, 1.807) is 26.8 Å². The van der Waals surface area contributed by atoms with Crippen molar-refractivity contribution in [3.63, 3.8) is 0 Å². The molecule has 0 aliphatic rings. The maximum atomic E-state index is 12.1. The summed E-state index contributed by atoms with van der Waals surface area (Å²) in [6.45, 7) is 5.03. The predicted molar refractivity (Wildman–Crippen MR) is 88.2 cm³/mol. The Morgan fingerprint density at radius 2 is 2.00 bits per heavy atom. The number of ether oxygens (including phenoxy) is 1. The van der Waals surface area contributed by atoms with Crippen LogP contribution >= 0.6 is 11.6 Å². The summed E-state index contributed by atoms with van der Waals surface area (Å²) in [6.07, 6.45) is 1.04. The molecule has 0 aromatic heterocycles. The van der Waals surface area contributed by atoms with Crippen LogP contribution in [0.3, 0.4) is 0 Å². The van der Waals surface area contributed by atoms with Crippen LogP contribution in [0.25, 0.3) is 0 Å². The Bertz CT molecular complexity index is 659. The van der Waals surface area contributed by atoms with E-state index in [-0.39, 0.29) is 18.3 Å². The highest BCUT2D eigenvalue weighted by Crippen LogP contribution is 2.34. The first kappa shape index (κ1) is 18.6. The van der Waals surface area contributed by atoms with Gasteiger partial charge < -0.3 is 10.1 Å². The number of carbonyl (C=O) groups excluding carboxylic acids is 1. The summed E-state index contributed by atoms with van der Waals surface area (Å²) < 4.78 is 30.4. The maximum Gasteiger partial charge on any atom is 0.240 e. The van der Waals surface area contributed by atoms with E-state index >= 15 is 0 Å². The van der Waals surface area contributed by atoms with Crippen LogP contribution in [-0.2, 0) is 14.8 Å². The number of amides is 1. The molecule has 1 aromatic rings. The lowest BCUT2D eigenvalue weighted by molar-refractivity contribution is -0.120. The summed E-state index contributed by atoms with van der Waals surface area (Å²) in [7, 11) is -2.25. The minimum absolute atomic E-state index is 0.0808. The molecule has 0 saturated carbocycles. The van der Waals surface area contributed by atoms with E-state index in [0.29, 0.717) is 16.3 Å². The first-order valence-electron chi connectivity index (χ1n) is 6.67. The van der Waals surface area contributed by atoms with E-state index in [1.165, 1.54) is 13.2 Å². The van der Waals surface area contributed by atoms with E-state index in [4.69, 9.17) is 16.3 Å². The molecule has 1 aromatic carbocycles. The van der Waals surface area contributed by atoms with Gasteiger partial charge in [0.15, 0.2) is 0 Å². The number of benzene rings is 1. The normalized spacial score (nSPS) is 11.4. The van der Waals surface area contributed by atoms with Gasteiger partial charge in [0.2, 0.25) is 15.9 Å². The van der Waals surface area contributed by atoms with Gasteiger partial charge in [0, 0.05) is 17.1 Å². The van der Waals surface area contributed by atoms with Crippen LogP contribution in [0.1, 0.15) is 19.4 Å². The van der Waals surface area contributed by atoms with Gasteiger partial charge in [0.05, 0.1) is 19.1 Å². The zero-order valence-corrected chi connectivity index (χ0v) is 14.9. The summed E-state index contributed by atoms with van der Waals surface area (Å²) in [4.78, 5) is 12.0. The molecule has 0 aliphatic carbocycles. The lowest BCUT2D eigenvalue weighted by Gasteiger charge is -2.25. The van der Waals surface area contributed by atoms with Crippen LogP contribution in [-0.4, -0.2) is 40.3 Å². The smallest absolute Gasteiger partial charge is 0.240 e. The Morgan fingerprint density at radius 1 is 1.41 bits per heavy atom. The average Bonchev–Trinajstić information content (AvgIpc) is 2.36. The van der Waals surface area contributed by atoms with Crippen LogP contribution < -0.4 is 14.4 Å². The van der Waals surface area contributed by atoms with Gasteiger partial charge in [-0.2, -0.15) is 0 Å². The summed E-state index contributed by atoms with van der Waals surface area (Å²) in [5.74, 6) is -0.103. The van der Waals surface area contributed by atoms with E-state index in [2.05, 4.69) is 5.32 Å². The molecule has 8 heteroatoms. The molecule has 22 heavy (non-hydrogen) atoms. The molecule has 0 spiro atoms. The Morgan fingerprint density at radius 3 is 2.45 bits per heavy atom. The standard InChI is InChI=1S/C14H21ClN2O4S/c1-9(2)16-14(18)8-17(22(5,19)20)12-6-10(3)11(15)7-13(12)21-4/h6-7,9H,8H2,1-5H3,(H,16,18). The van der Waals surface area contributed by atoms with Crippen molar-refractivity contribution >= 4 is 33.2 Å². The highest BCUT2D eigenvalue weighted by molar-refractivity contribution is 7.92. The SMILES string of the molecule is COc1cc(Cl)c(C)cc1N(CC(=O)NC(C)C)S(C)(=O)=O. The number of carbonyl (C=O) groups is 1. The van der Waals surface area contributed by atoms with Crippen LogP contribution in [0.15, 0.2) is 12.1 Å². The molecule has 0 bridgehead atoms. The van der Waals surface area contributed by atoms with E-state index < -0.39 is 15.9 Å². The van der Waals surface area contributed by atoms with Crippen molar-refractivity contribution in [3.05, 3.63) is 22.7 Å². The van der Waals surface area contributed by atoms with Crippen LogP contribution in [0.4, 0.5) is 5.69 Å². The average molecular weight is 349 g/mol. The molecule has 0 saturated heterocycles. The third-order valence-electron chi connectivity index (χ3n) is 2.87. The molecule has 1 N–H and O–H groups in total. The van der Waals surface area contributed by atoms with Gasteiger partial charge in [0.1, 0.15) is 12.3 Å². The number of hydrogen-bond donors (Lipinski definition) is 1. The summed E-state index contributed by atoms with van der Waals surface area (Å²) in [5.41, 5.74) is 0.973. The minimum atomic E-state index is -3.66. The number of methoxy groups -OCH3 is 1. The van der Waals surface area contributed by atoms with Gasteiger partial charge in [-0.25, -0.2) is 8.42 Å². The van der Waals surface area contributed by atoms with Crippen molar-refractivity contribution in [2.24, 2.45) is 0 Å². The Hall–Kier alpha value is -1.47. The highest BCUT2D eigenvalue weighted by atomic mass is 35.5. The van der Waals surface area contributed by atoms with E-state index in [1.807, 2.05) is 0 Å². The topological polar surface area (TPSA) is 75.7 Å². The Labute approximate surface area is 136 Å². The number of rotatable bonds is 6. The molecular formula is C14H21ClN2O4S. The second-order valence-electron chi connectivity index (χ2n) is 5.27. The fourth-order valence-electron chi connectivity index (χ4n) is 1.89. The predicted octanol–water partition coefficient (Wildman–Crippen LogP) is 1.95. The fraction of sp³-hybridized carbons (Fsp3) is 0.500. The lowest BCUT2D eigenvalue weighted by atomic mass is 10.2. The third-order valence-corrected chi connectivity index (χ3v) is 4.40. The van der Waals surface area contributed by atoms with Crippen molar-refractivity contribution in [3.8, 4) is 5.75 Å². The van der Waals surface area contributed by atoms with Crippen molar-refractivity contribution in [2.75, 3.05) is 24.2 Å². The van der Waals surface area contributed by atoms with Gasteiger partial charge in [-0.15, -0.1) is 0 Å². The number of nitrogens with zero attached hydrogens (tertiary/aromatic N) is 1. The number of hydrogen-bond acceptors (Lipinski definition) is 4. The molecule has 0 fully saturated rings. The second-order valence-corrected chi connectivity index (χ2v) is 7.58. The molecule has 124 valence electrons. The zero-order valence-electron chi connectivity index (χ0n) is 13.3. The molecule has 0 atom stereocenters. The number of sulfonamides is 1. The number of nitrogens with one attached hydrogen (secondary N) is 1. The molecule has 0 radical (unpaired) electrons. The first-order valence-corrected chi connectivity index (χ1v) is 8.90. The molecule has 1 rings (SSSR count). The van der Waals surface area contributed by atoms with E-state index in [0.717, 1.165) is 10.6 Å². The van der Waals surface area contributed by atoms with Crippen LogP contribution in [0.5, 0.6) is 5.75 Å². The molecule has 1 amide bonds. The molecule has 6 nitrogen and oxygen atoms in total. The number of aryl methyl sites for hydroxylation is 1. The maximum absolute atomic E-state index is 12.1. The van der Waals surface area contributed by atoms with Gasteiger partial charge in [-0.3, -0.25) is 9.10 Å². The molecule has 0 aliphatic heterocycles. The monoisotopic (exact) mass is 348 g/mol. The van der Waals surface area contributed by atoms with E-state index in [9.17, 15) is 13.2 Å². The van der Waals surface area contributed by atoms with Crippen molar-refractivity contribution in [1.29, 1.82) is 0 Å². The van der Waals surface area contributed by atoms with Crippen molar-refractivity contribution in [2.45, 2.75) is 26.8 Å². The molecule has 0 heterocycles. The second kappa shape index (κ2) is 7.19. The minimum Gasteiger partial charge on any atom is -0.494 e. The van der Waals surface area contributed by atoms with Gasteiger partial charge in [-0.05, 0) is 32.4 Å². The van der Waals surface area contributed by atoms with Gasteiger partial charge in [0.25, 0.3) is 0 Å². The number of halogens is 1. The van der Waals surface area contributed by atoms with Crippen LogP contribution in [0.2, 0.25) is 5.02 Å². The van der Waals surface area contributed by atoms with Gasteiger partial charge >= 0.3 is 0 Å². The van der Waals surface area contributed by atoms with Gasteiger partial charge in [-0.1, -0.05) is 11.6 Å². The summed E-state index contributed by atoms with van der Waals surface area (Å²) >= 11 is 6.03. The Balaban J connectivity index is 3.30. The lowest BCUT2D eigenvalue weighted by Crippen LogP contribution is -2.42. The zero-order chi connectivity index (χ0) is 17.1. The fourth-order valence-corrected chi connectivity index (χ4v) is 2.89. The van der Waals surface area contributed by atoms with Crippen LogP contribution in [0, 0.1) is 6.92 Å². The number of anilines is 1. The Kier molecular flexibility index (Phi) is 6.08. The summed E-state index contributed by atoms with van der Waals surface area (Å²) in [5, 5.41) is 3.13. The quantitative estimate of drug-likeness (QED) is 0.852.